The summed E-state index contributed by atoms with van der Waals surface area (Å²) >= 11 is 0. The number of hydrogen-bond acceptors (Lipinski definition) is 1. The fourth-order valence-corrected chi connectivity index (χ4v) is 6.36. The Morgan fingerprint density at radius 3 is 2.06 bits per heavy atom. The maximum absolute atomic E-state index is 14.7. The second-order valence-electron chi connectivity index (χ2n) is 10.9. The van der Waals surface area contributed by atoms with Gasteiger partial charge < -0.3 is 4.74 Å². The zero-order valence-electron chi connectivity index (χ0n) is 20.4. The lowest BCUT2D eigenvalue weighted by atomic mass is 9.73. The molecular formula is C29H37F5O. The van der Waals surface area contributed by atoms with E-state index in [-0.39, 0.29) is 12.8 Å². The molecule has 0 aliphatic heterocycles. The molecule has 3 aliphatic rings. The van der Waals surface area contributed by atoms with Gasteiger partial charge in [0.15, 0.2) is 17.5 Å². The third-order valence-corrected chi connectivity index (χ3v) is 8.70. The Labute approximate surface area is 205 Å². The van der Waals surface area contributed by atoms with Gasteiger partial charge in [-0.3, -0.25) is 0 Å². The first-order valence-corrected chi connectivity index (χ1v) is 13.3. The van der Waals surface area contributed by atoms with Crippen LogP contribution in [0, 0.1) is 47.0 Å². The molecule has 0 spiro atoms. The highest BCUT2D eigenvalue weighted by molar-refractivity contribution is 5.25. The van der Waals surface area contributed by atoms with Crippen LogP contribution in [-0.4, -0.2) is 6.11 Å². The summed E-state index contributed by atoms with van der Waals surface area (Å²) in [5.74, 6) is -3.85. The van der Waals surface area contributed by atoms with E-state index in [2.05, 4.69) is 23.5 Å². The van der Waals surface area contributed by atoms with Gasteiger partial charge in [-0.2, -0.15) is 8.78 Å². The number of allylic oxidation sites excluding steroid dienone is 3. The molecule has 0 N–H and O–H groups in total. The highest BCUT2D eigenvalue weighted by atomic mass is 19.3. The molecule has 1 atom stereocenters. The van der Waals surface area contributed by atoms with Crippen molar-refractivity contribution in [3.05, 3.63) is 53.9 Å². The second-order valence-corrected chi connectivity index (χ2v) is 10.9. The SMILES string of the molecule is C=CC1CCC(CCC2CC=C(C3CCC(C(F)(F)Oc4cc(F)c(F)c(F)c4)CC3)CC2)CC1. The van der Waals surface area contributed by atoms with E-state index in [1.807, 2.05) is 0 Å². The van der Waals surface area contributed by atoms with Crippen LogP contribution in [0.15, 0.2) is 36.4 Å². The van der Waals surface area contributed by atoms with Crippen LogP contribution in [0.5, 0.6) is 5.75 Å². The quantitative estimate of drug-likeness (QED) is 0.198. The van der Waals surface area contributed by atoms with Crippen molar-refractivity contribution >= 4 is 0 Å². The fraction of sp³-hybridized carbons (Fsp3) is 0.655. The first kappa shape index (κ1) is 26.2. The Morgan fingerprint density at radius 2 is 1.49 bits per heavy atom. The van der Waals surface area contributed by atoms with Gasteiger partial charge in [0.25, 0.3) is 0 Å². The van der Waals surface area contributed by atoms with E-state index in [9.17, 15) is 22.0 Å². The molecule has 1 aromatic carbocycles. The first-order valence-electron chi connectivity index (χ1n) is 13.3. The monoisotopic (exact) mass is 496 g/mol. The number of hydrogen-bond donors (Lipinski definition) is 0. The van der Waals surface area contributed by atoms with Crippen molar-refractivity contribution in [3.8, 4) is 5.75 Å². The lowest BCUT2D eigenvalue weighted by molar-refractivity contribution is -0.223. The molecule has 4 rings (SSSR count). The Bertz CT molecular complexity index is 871. The Hall–Kier alpha value is -1.85. The smallest absolute Gasteiger partial charge is 0.400 e. The molecule has 0 bridgehead atoms. The summed E-state index contributed by atoms with van der Waals surface area (Å²) in [6, 6.07) is 0.932. The molecule has 0 saturated heterocycles. The predicted molar refractivity (Wildman–Crippen MR) is 128 cm³/mol. The van der Waals surface area contributed by atoms with Gasteiger partial charge in [0.1, 0.15) is 5.75 Å². The molecule has 0 amide bonds. The summed E-state index contributed by atoms with van der Waals surface area (Å²) in [4.78, 5) is 0. The number of rotatable bonds is 8. The van der Waals surface area contributed by atoms with E-state index >= 15 is 0 Å². The van der Waals surface area contributed by atoms with Crippen LogP contribution in [0.2, 0.25) is 0 Å². The third kappa shape index (κ3) is 6.68. The van der Waals surface area contributed by atoms with E-state index in [0.29, 0.717) is 36.8 Å². The topological polar surface area (TPSA) is 9.23 Å². The minimum Gasteiger partial charge on any atom is -0.432 e. The Balaban J connectivity index is 1.21. The number of alkyl halides is 2. The van der Waals surface area contributed by atoms with Gasteiger partial charge in [0, 0.05) is 12.1 Å². The lowest BCUT2D eigenvalue weighted by Crippen LogP contribution is -2.37. The number of ether oxygens (including phenoxy) is 1. The van der Waals surface area contributed by atoms with Crippen molar-refractivity contribution in [3.63, 3.8) is 0 Å². The maximum atomic E-state index is 14.7. The minimum absolute atomic E-state index is 0.290. The summed E-state index contributed by atoms with van der Waals surface area (Å²) < 4.78 is 73.8. The van der Waals surface area contributed by atoms with Crippen molar-refractivity contribution in [2.24, 2.45) is 29.6 Å². The van der Waals surface area contributed by atoms with Gasteiger partial charge in [0.2, 0.25) is 0 Å². The van der Waals surface area contributed by atoms with Gasteiger partial charge in [0.05, 0.1) is 5.92 Å². The van der Waals surface area contributed by atoms with Gasteiger partial charge >= 0.3 is 6.11 Å². The standard InChI is InChI=1S/C29H37F5O/c1-2-19-3-5-20(6-4-19)7-8-21-9-11-22(12-10-21)23-13-15-24(16-14-23)29(33,34)35-25-17-26(30)28(32)27(31)18-25/h2,11,17-21,23-24H,1,3-10,12-16H2. The first-order chi connectivity index (χ1) is 16.7. The normalized spacial score (nSPS) is 30.0. The van der Waals surface area contributed by atoms with E-state index < -0.39 is 35.2 Å². The second kappa shape index (κ2) is 11.5. The summed E-state index contributed by atoms with van der Waals surface area (Å²) in [7, 11) is 0. The van der Waals surface area contributed by atoms with E-state index in [4.69, 9.17) is 0 Å². The molecule has 0 aromatic heterocycles. The molecule has 1 aromatic rings. The predicted octanol–water partition coefficient (Wildman–Crippen LogP) is 9.38. The van der Waals surface area contributed by atoms with Crippen LogP contribution in [0.4, 0.5) is 22.0 Å². The molecule has 0 heterocycles. The molecule has 35 heavy (non-hydrogen) atoms. The van der Waals surface area contributed by atoms with Crippen molar-refractivity contribution < 1.29 is 26.7 Å². The third-order valence-electron chi connectivity index (χ3n) is 8.70. The molecule has 2 saturated carbocycles. The summed E-state index contributed by atoms with van der Waals surface area (Å²) in [5, 5.41) is 0. The lowest BCUT2D eigenvalue weighted by Gasteiger charge is -2.36. The number of halogens is 5. The van der Waals surface area contributed by atoms with Gasteiger partial charge in [-0.15, -0.1) is 6.58 Å². The van der Waals surface area contributed by atoms with Crippen molar-refractivity contribution in [1.82, 2.24) is 0 Å². The number of benzene rings is 1. The summed E-state index contributed by atoms with van der Waals surface area (Å²) in [6.07, 6.45) is 14.0. The summed E-state index contributed by atoms with van der Waals surface area (Å²) in [5.41, 5.74) is 1.41. The van der Waals surface area contributed by atoms with E-state index in [1.54, 1.807) is 0 Å². The van der Waals surface area contributed by atoms with Gasteiger partial charge in [-0.25, -0.2) is 13.2 Å². The van der Waals surface area contributed by atoms with Gasteiger partial charge in [-0.1, -0.05) is 24.1 Å². The molecule has 6 heteroatoms. The van der Waals surface area contributed by atoms with E-state index in [1.165, 1.54) is 50.5 Å². The fourth-order valence-electron chi connectivity index (χ4n) is 6.36. The van der Waals surface area contributed by atoms with Crippen LogP contribution in [-0.2, 0) is 0 Å². The Morgan fingerprint density at radius 1 is 0.857 bits per heavy atom. The zero-order chi connectivity index (χ0) is 25.0. The van der Waals surface area contributed by atoms with Crippen molar-refractivity contribution in [2.75, 3.05) is 0 Å². The molecule has 0 radical (unpaired) electrons. The van der Waals surface area contributed by atoms with Gasteiger partial charge in [-0.05, 0) is 101 Å². The van der Waals surface area contributed by atoms with Crippen molar-refractivity contribution in [2.45, 2.75) is 89.6 Å². The zero-order valence-corrected chi connectivity index (χ0v) is 20.4. The molecule has 194 valence electrons. The van der Waals surface area contributed by atoms with Crippen LogP contribution in [0.25, 0.3) is 0 Å². The maximum Gasteiger partial charge on any atom is 0.400 e. The molecular weight excluding hydrogens is 459 g/mol. The van der Waals surface area contributed by atoms with E-state index in [0.717, 1.165) is 24.7 Å². The average Bonchev–Trinajstić information content (AvgIpc) is 2.86. The van der Waals surface area contributed by atoms with Crippen LogP contribution >= 0.6 is 0 Å². The van der Waals surface area contributed by atoms with Crippen LogP contribution < -0.4 is 4.74 Å². The largest absolute Gasteiger partial charge is 0.432 e. The molecule has 2 fully saturated rings. The highest BCUT2D eigenvalue weighted by Crippen LogP contribution is 2.44. The molecule has 3 aliphatic carbocycles. The van der Waals surface area contributed by atoms with Crippen LogP contribution in [0.1, 0.15) is 83.5 Å². The summed E-state index contributed by atoms with van der Waals surface area (Å²) in [6.45, 7) is 3.93. The Kier molecular flexibility index (Phi) is 8.59. The molecule has 1 nitrogen and oxygen atoms in total. The average molecular weight is 497 g/mol. The minimum atomic E-state index is -3.56. The molecule has 1 unspecified atom stereocenters. The van der Waals surface area contributed by atoms with Crippen LogP contribution in [0.3, 0.4) is 0 Å². The highest BCUT2D eigenvalue weighted by Gasteiger charge is 2.44. The van der Waals surface area contributed by atoms with Crippen molar-refractivity contribution in [1.29, 1.82) is 0 Å².